The van der Waals surface area contributed by atoms with Gasteiger partial charge in [0.2, 0.25) is 0 Å². The largest absolute Gasteiger partial charge is 0.650 e. The van der Waals surface area contributed by atoms with Gasteiger partial charge in [-0.25, -0.2) is 0 Å². The van der Waals surface area contributed by atoms with Crippen molar-refractivity contribution in [1.29, 1.82) is 0 Å². The van der Waals surface area contributed by atoms with Crippen LogP contribution in [0.4, 0.5) is 0 Å². The fourth-order valence-corrected chi connectivity index (χ4v) is 0.934. The van der Waals surface area contributed by atoms with Crippen LogP contribution < -0.4 is 0 Å². The van der Waals surface area contributed by atoms with Crippen LogP contribution >= 0.6 is 0 Å². The van der Waals surface area contributed by atoms with Crippen molar-refractivity contribution in [2.75, 3.05) is 0 Å². The zero-order valence-corrected chi connectivity index (χ0v) is 11.0. The van der Waals surface area contributed by atoms with Crippen LogP contribution in [0.15, 0.2) is 0 Å². The van der Waals surface area contributed by atoms with E-state index < -0.39 is 15.9 Å². The molecule has 2 radical (unpaired) electrons. The molecule has 0 amide bonds. The summed E-state index contributed by atoms with van der Waals surface area (Å²) in [6, 6.07) is 0. The van der Waals surface area contributed by atoms with E-state index in [1.807, 2.05) is 27.7 Å². The van der Waals surface area contributed by atoms with Crippen molar-refractivity contribution in [3.8, 4) is 0 Å². The fourth-order valence-electron chi connectivity index (χ4n) is 0.311. The van der Waals surface area contributed by atoms with Crippen molar-refractivity contribution in [3.63, 3.8) is 0 Å². The quantitative estimate of drug-likeness (QED) is 0.602. The molecule has 2 nitrogen and oxygen atoms in total. The molecule has 0 aromatic carbocycles. The summed E-state index contributed by atoms with van der Waals surface area (Å²) in [4.78, 5) is 0. The standard InChI is InChI=1S/2C3H7O.Al.Ca.H/c2*1-3(2)4;;;/h2*3H,1-2H3;;;/q2*-1;+2;;. The Kier molecular flexibility index (Phi) is 12.5. The third-order valence-corrected chi connectivity index (χ3v) is 2.41. The van der Waals surface area contributed by atoms with Gasteiger partial charge in [-0.2, -0.15) is 0 Å². The van der Waals surface area contributed by atoms with E-state index in [4.69, 9.17) is 7.58 Å². The van der Waals surface area contributed by atoms with Gasteiger partial charge in [-0.05, 0) is 27.7 Å². The van der Waals surface area contributed by atoms with E-state index in [-0.39, 0.29) is 37.7 Å². The second kappa shape index (κ2) is 8.81. The molecule has 0 rings (SSSR count). The SMILES string of the molecule is CC(C)[O][AlH][O]C(C)C.[Ca]. The third kappa shape index (κ3) is 12.4. The average molecular weight is 186 g/mol. The predicted octanol–water partition coefficient (Wildman–Crippen LogP) is 0.722. The van der Waals surface area contributed by atoms with Crippen molar-refractivity contribution in [3.05, 3.63) is 0 Å². The zero-order valence-electron chi connectivity index (χ0n) is 7.39. The van der Waals surface area contributed by atoms with E-state index in [1.165, 1.54) is 0 Å². The van der Waals surface area contributed by atoms with Gasteiger partial charge in [-0.1, -0.05) is 0 Å². The molecule has 0 aliphatic carbocycles. The van der Waals surface area contributed by atoms with Gasteiger partial charge in [0.25, 0.3) is 0 Å². The van der Waals surface area contributed by atoms with Gasteiger partial charge in [0.05, 0.1) is 0 Å². The normalized spacial score (nSPS) is 9.80. The minimum absolute atomic E-state index is 0. The minimum atomic E-state index is -0.684. The molecule has 0 saturated heterocycles. The van der Waals surface area contributed by atoms with Crippen molar-refractivity contribution in [1.82, 2.24) is 0 Å². The maximum absolute atomic E-state index is 5.27. The monoisotopic (exact) mass is 186 g/mol. The Labute approximate surface area is 100 Å². The Bertz CT molecular complexity index is 60.8. The summed E-state index contributed by atoms with van der Waals surface area (Å²) in [5.41, 5.74) is 0. The van der Waals surface area contributed by atoms with Crippen LogP contribution in [-0.2, 0) is 7.58 Å². The van der Waals surface area contributed by atoms with E-state index in [0.29, 0.717) is 12.2 Å². The maximum atomic E-state index is 5.27. The molecule has 0 atom stereocenters. The zero-order chi connectivity index (χ0) is 7.28. The van der Waals surface area contributed by atoms with Crippen LogP contribution in [0.25, 0.3) is 0 Å². The van der Waals surface area contributed by atoms with Crippen molar-refractivity contribution < 1.29 is 7.58 Å². The molecule has 0 saturated carbocycles. The predicted molar refractivity (Wildman–Crippen MR) is 45.3 cm³/mol. The molecular weight excluding hydrogens is 171 g/mol. The Morgan fingerprint density at radius 3 is 1.40 bits per heavy atom. The smallest absolute Gasteiger partial charge is 0.479 e. The number of hydrogen-bond donors (Lipinski definition) is 0. The van der Waals surface area contributed by atoms with Crippen LogP contribution in [-0.4, -0.2) is 65.8 Å². The van der Waals surface area contributed by atoms with Crippen LogP contribution in [0.2, 0.25) is 0 Å². The van der Waals surface area contributed by atoms with Crippen LogP contribution in [0.5, 0.6) is 0 Å². The second-order valence-electron chi connectivity index (χ2n) is 2.55. The molecule has 0 N–H and O–H groups in total. The van der Waals surface area contributed by atoms with E-state index in [9.17, 15) is 0 Å². The first-order chi connectivity index (χ1) is 4.13. The molecule has 0 fully saturated rings. The van der Waals surface area contributed by atoms with Crippen molar-refractivity contribution in [2.45, 2.75) is 39.9 Å². The second-order valence-corrected chi connectivity index (χ2v) is 3.45. The molecule has 0 aromatic rings. The molecule has 0 aliphatic rings. The Balaban J connectivity index is 0. The van der Waals surface area contributed by atoms with Gasteiger partial charge in [-0.15, -0.1) is 0 Å². The van der Waals surface area contributed by atoms with Gasteiger partial charge in [0.1, 0.15) is 0 Å². The summed E-state index contributed by atoms with van der Waals surface area (Å²) in [5.74, 6) is 0. The molecule has 56 valence electrons. The summed E-state index contributed by atoms with van der Waals surface area (Å²) in [7, 11) is 0. The van der Waals surface area contributed by atoms with Gasteiger partial charge in [0, 0.05) is 49.9 Å². The summed E-state index contributed by atoms with van der Waals surface area (Å²) >= 11 is -0.684. The number of rotatable bonds is 4. The maximum Gasteiger partial charge on any atom is 0.650 e. The Morgan fingerprint density at radius 2 is 1.20 bits per heavy atom. The molecule has 0 aromatic heterocycles. The first-order valence-electron chi connectivity index (χ1n) is 3.36. The van der Waals surface area contributed by atoms with Crippen molar-refractivity contribution >= 4 is 53.6 Å². The Morgan fingerprint density at radius 1 is 0.900 bits per heavy atom. The first kappa shape index (κ1) is 14.2. The van der Waals surface area contributed by atoms with Crippen LogP contribution in [0, 0.1) is 0 Å². The van der Waals surface area contributed by atoms with E-state index in [1.54, 1.807) is 0 Å². The van der Waals surface area contributed by atoms with Crippen LogP contribution in [0.1, 0.15) is 27.7 Å². The molecule has 0 aliphatic heterocycles. The minimum Gasteiger partial charge on any atom is -0.479 e. The molecule has 0 spiro atoms. The molecule has 0 unspecified atom stereocenters. The summed E-state index contributed by atoms with van der Waals surface area (Å²) in [6.07, 6.45) is 0.658. The molecule has 10 heavy (non-hydrogen) atoms. The fraction of sp³-hybridized carbons (Fsp3) is 1.00. The Hall–Kier alpha value is 1.71. The molecule has 0 heterocycles. The molecule has 4 heteroatoms. The van der Waals surface area contributed by atoms with Gasteiger partial charge < -0.3 is 7.58 Å². The average Bonchev–Trinajstić information content (AvgIpc) is 1.63. The van der Waals surface area contributed by atoms with E-state index in [2.05, 4.69) is 0 Å². The van der Waals surface area contributed by atoms with Crippen molar-refractivity contribution in [2.24, 2.45) is 0 Å². The molecular formula is C6H15AlCaO2. The number of hydrogen-bond acceptors (Lipinski definition) is 2. The molecule has 0 bridgehead atoms. The van der Waals surface area contributed by atoms with E-state index in [0.717, 1.165) is 0 Å². The third-order valence-electron chi connectivity index (χ3n) is 0.803. The summed E-state index contributed by atoms with van der Waals surface area (Å²) in [5, 5.41) is 0. The van der Waals surface area contributed by atoms with E-state index >= 15 is 0 Å². The summed E-state index contributed by atoms with van der Waals surface area (Å²) < 4.78 is 10.5. The van der Waals surface area contributed by atoms with Gasteiger partial charge in [0.15, 0.2) is 0 Å². The van der Waals surface area contributed by atoms with Crippen LogP contribution in [0.3, 0.4) is 0 Å². The topological polar surface area (TPSA) is 18.5 Å². The van der Waals surface area contributed by atoms with Gasteiger partial charge in [-0.3, -0.25) is 0 Å². The van der Waals surface area contributed by atoms with Gasteiger partial charge >= 0.3 is 15.9 Å². The summed E-state index contributed by atoms with van der Waals surface area (Å²) in [6.45, 7) is 8.10. The first-order valence-corrected chi connectivity index (χ1v) is 4.51.